The summed E-state index contributed by atoms with van der Waals surface area (Å²) in [5.74, 6) is -1.12. The van der Waals surface area contributed by atoms with Crippen LogP contribution >= 0.6 is 34.9 Å². The van der Waals surface area contributed by atoms with Gasteiger partial charge in [0.2, 0.25) is 0 Å². The number of hydrogen-bond acceptors (Lipinski definition) is 7. The Labute approximate surface area is 198 Å². The van der Waals surface area contributed by atoms with Gasteiger partial charge in [0, 0.05) is 41.8 Å². The summed E-state index contributed by atoms with van der Waals surface area (Å²) in [5, 5.41) is 11.0. The van der Waals surface area contributed by atoms with E-state index in [1.807, 2.05) is 16.6 Å². The van der Waals surface area contributed by atoms with Gasteiger partial charge in [-0.1, -0.05) is 23.7 Å². The third kappa shape index (κ3) is 5.53. The predicted octanol–water partition coefficient (Wildman–Crippen LogP) is 5.82. The van der Waals surface area contributed by atoms with Crippen molar-refractivity contribution in [3.63, 3.8) is 0 Å². The van der Waals surface area contributed by atoms with Crippen LogP contribution in [0.2, 0.25) is 5.02 Å². The monoisotopic (exact) mass is 494 g/mol. The fourth-order valence-corrected chi connectivity index (χ4v) is 5.12. The molecule has 0 radical (unpaired) electrons. The molecule has 10 heteroatoms. The number of carboxylic acids is 1. The van der Waals surface area contributed by atoms with E-state index in [-0.39, 0.29) is 23.3 Å². The number of benzene rings is 2. The molecular formula is C22H20ClFN2O4S2. The maximum absolute atomic E-state index is 14.5. The Morgan fingerprint density at radius 1 is 1.41 bits per heavy atom. The topological polar surface area (TPSA) is 71.9 Å². The quantitative estimate of drug-likeness (QED) is 0.375. The second kappa shape index (κ2) is 10.1. The summed E-state index contributed by atoms with van der Waals surface area (Å²) >= 11 is 8.97. The molecule has 6 nitrogen and oxygen atoms in total. The molecule has 1 fully saturated rings. The summed E-state index contributed by atoms with van der Waals surface area (Å²) in [4.78, 5) is 15.5. The fourth-order valence-electron chi connectivity index (χ4n) is 3.00. The van der Waals surface area contributed by atoms with Crippen molar-refractivity contribution in [1.82, 2.24) is 4.98 Å². The average molecular weight is 495 g/mol. The van der Waals surface area contributed by atoms with E-state index in [0.717, 1.165) is 22.0 Å². The molecule has 1 N–H and O–H groups in total. The van der Waals surface area contributed by atoms with Gasteiger partial charge < -0.3 is 18.9 Å². The molecule has 1 aliphatic heterocycles. The van der Waals surface area contributed by atoms with Crippen molar-refractivity contribution in [2.45, 2.75) is 30.4 Å². The van der Waals surface area contributed by atoms with E-state index < -0.39 is 11.8 Å². The Hall–Kier alpha value is -2.33. The minimum absolute atomic E-state index is 0.0405. The van der Waals surface area contributed by atoms with Gasteiger partial charge in [0.05, 0.1) is 28.9 Å². The molecule has 32 heavy (non-hydrogen) atoms. The maximum atomic E-state index is 14.5. The summed E-state index contributed by atoms with van der Waals surface area (Å²) in [6.07, 6.45) is 0.967. The first-order chi connectivity index (χ1) is 15.4. The highest BCUT2D eigenvalue weighted by Crippen LogP contribution is 2.40. The number of nitrogens with zero attached hydrogens (tertiary/aromatic N) is 2. The number of anilines is 1. The van der Waals surface area contributed by atoms with Crippen molar-refractivity contribution >= 4 is 46.5 Å². The van der Waals surface area contributed by atoms with Gasteiger partial charge in [0.15, 0.2) is 4.34 Å². The van der Waals surface area contributed by atoms with Crippen molar-refractivity contribution in [2.75, 3.05) is 17.5 Å². The lowest BCUT2D eigenvalue weighted by Gasteiger charge is -2.33. The van der Waals surface area contributed by atoms with Crippen LogP contribution in [0.25, 0.3) is 0 Å². The molecule has 0 spiro atoms. The zero-order valence-corrected chi connectivity index (χ0v) is 19.5. The van der Waals surface area contributed by atoms with Crippen LogP contribution in [-0.2, 0) is 11.3 Å². The summed E-state index contributed by atoms with van der Waals surface area (Å²) in [5.41, 5.74) is 2.42. The van der Waals surface area contributed by atoms with Gasteiger partial charge in [-0.25, -0.2) is 14.2 Å². The highest BCUT2D eigenvalue weighted by atomic mass is 35.5. The fraction of sp³-hybridized carbons (Fsp3) is 0.273. The summed E-state index contributed by atoms with van der Waals surface area (Å²) in [6.45, 7) is 3.34. The lowest BCUT2D eigenvalue weighted by Crippen LogP contribution is -2.37. The van der Waals surface area contributed by atoms with Crippen LogP contribution in [0.3, 0.4) is 0 Å². The van der Waals surface area contributed by atoms with Crippen LogP contribution in [0.5, 0.6) is 5.75 Å². The van der Waals surface area contributed by atoms with Crippen LogP contribution in [0.1, 0.15) is 28.0 Å². The lowest BCUT2D eigenvalue weighted by molar-refractivity contribution is -0.0426. The summed E-state index contributed by atoms with van der Waals surface area (Å²) in [7, 11) is 0. The number of ether oxygens (including phenoxy) is 2. The van der Waals surface area contributed by atoms with Gasteiger partial charge in [0.25, 0.3) is 0 Å². The van der Waals surface area contributed by atoms with E-state index in [1.165, 1.54) is 47.6 Å². The minimum atomic E-state index is -0.992. The number of hydrogen-bond donors (Lipinski definition) is 1. The highest BCUT2D eigenvalue weighted by molar-refractivity contribution is 8.02. The number of carbonyl (C=O) groups is 1. The van der Waals surface area contributed by atoms with E-state index in [0.29, 0.717) is 24.6 Å². The van der Waals surface area contributed by atoms with E-state index in [1.54, 1.807) is 12.1 Å². The van der Waals surface area contributed by atoms with Crippen molar-refractivity contribution < 1.29 is 23.8 Å². The first kappa shape index (κ1) is 22.8. The minimum Gasteiger partial charge on any atom is -0.487 e. The van der Waals surface area contributed by atoms with Crippen LogP contribution < -0.4 is 9.04 Å². The zero-order valence-electron chi connectivity index (χ0n) is 17.1. The second-order valence-corrected chi connectivity index (χ2v) is 9.75. The van der Waals surface area contributed by atoms with Crippen LogP contribution in [0, 0.1) is 12.7 Å². The predicted molar refractivity (Wildman–Crippen MR) is 124 cm³/mol. The molecule has 3 aromatic rings. The largest absolute Gasteiger partial charge is 0.487 e. The molecule has 1 unspecified atom stereocenters. The van der Waals surface area contributed by atoms with Crippen LogP contribution in [-0.4, -0.2) is 35.3 Å². The van der Waals surface area contributed by atoms with Gasteiger partial charge in [-0.2, -0.15) is 0 Å². The van der Waals surface area contributed by atoms with Gasteiger partial charge in [0.1, 0.15) is 18.2 Å². The average Bonchev–Trinajstić information content (AvgIpc) is 3.15. The number of halogens is 2. The molecule has 2 aromatic carbocycles. The lowest BCUT2D eigenvalue weighted by atomic mass is 10.1. The third-order valence-electron chi connectivity index (χ3n) is 4.81. The number of thiazole rings is 1. The van der Waals surface area contributed by atoms with Gasteiger partial charge in [-0.05, 0) is 31.0 Å². The van der Waals surface area contributed by atoms with Crippen molar-refractivity contribution in [2.24, 2.45) is 0 Å². The maximum Gasteiger partial charge on any atom is 0.335 e. The molecule has 4 rings (SSSR count). The Morgan fingerprint density at radius 3 is 2.75 bits per heavy atom. The van der Waals surface area contributed by atoms with Crippen LogP contribution in [0.4, 0.5) is 10.1 Å². The van der Waals surface area contributed by atoms with Gasteiger partial charge >= 0.3 is 5.97 Å². The number of aryl methyl sites for hydroxylation is 1. The molecule has 1 saturated heterocycles. The third-order valence-corrected chi connectivity index (χ3v) is 7.18. The molecule has 0 bridgehead atoms. The number of aromatic carboxylic acids is 1. The van der Waals surface area contributed by atoms with Crippen molar-refractivity contribution in [1.29, 1.82) is 0 Å². The Balaban J connectivity index is 1.59. The first-order valence-corrected chi connectivity index (χ1v) is 11.9. The normalized spacial score (nSPS) is 15.3. The van der Waals surface area contributed by atoms with Crippen molar-refractivity contribution in [3.05, 3.63) is 69.4 Å². The number of rotatable bonds is 9. The van der Waals surface area contributed by atoms with Crippen LogP contribution in [0.15, 0.2) is 46.1 Å². The summed E-state index contributed by atoms with van der Waals surface area (Å²) in [6, 6.07) is 9.21. The molecule has 1 aromatic heterocycles. The molecule has 2 heterocycles. The van der Waals surface area contributed by atoms with E-state index in [4.69, 9.17) is 26.2 Å². The van der Waals surface area contributed by atoms with Gasteiger partial charge in [-0.3, -0.25) is 0 Å². The van der Waals surface area contributed by atoms with E-state index in [2.05, 4.69) is 4.98 Å². The SMILES string of the molecule is Cc1csc(SN(CC2CCO2)c2cc(F)c(Cl)cc2OCc2ccc(C(=O)O)cc2)n1. The molecule has 0 amide bonds. The molecule has 1 atom stereocenters. The molecule has 0 aliphatic carbocycles. The zero-order chi connectivity index (χ0) is 22.7. The van der Waals surface area contributed by atoms with E-state index in [9.17, 15) is 9.18 Å². The van der Waals surface area contributed by atoms with Crippen molar-refractivity contribution in [3.8, 4) is 5.75 Å². The van der Waals surface area contributed by atoms with E-state index >= 15 is 0 Å². The second-order valence-electron chi connectivity index (χ2n) is 7.21. The number of aromatic nitrogens is 1. The molecular weight excluding hydrogens is 475 g/mol. The summed E-state index contributed by atoms with van der Waals surface area (Å²) < 4.78 is 28.8. The highest BCUT2D eigenvalue weighted by Gasteiger charge is 2.26. The standard InChI is InChI=1S/C22H20ClFN2O4S2/c1-13-12-31-22(25-13)32-26(10-16-6-7-29-16)19-9-18(24)17(23)8-20(19)30-11-14-2-4-15(5-3-14)21(27)28/h2-5,8-9,12,16H,6-7,10-11H2,1H3,(H,27,28). The smallest absolute Gasteiger partial charge is 0.335 e. The molecule has 1 aliphatic rings. The Kier molecular flexibility index (Phi) is 7.20. The molecule has 0 saturated carbocycles. The Morgan fingerprint density at radius 2 is 2.16 bits per heavy atom. The molecule has 168 valence electrons. The number of carboxylic acid groups (broad SMARTS) is 1. The van der Waals surface area contributed by atoms with Gasteiger partial charge in [-0.15, -0.1) is 11.3 Å². The Bertz CT molecular complexity index is 1110. The first-order valence-electron chi connectivity index (χ1n) is 9.82.